The molecular weight excluding hydrogens is 280 g/mol. The van der Waals surface area contributed by atoms with Crippen LogP contribution >= 0.6 is 0 Å². The monoisotopic (exact) mass is 312 g/mol. The van der Waals surface area contributed by atoms with Gasteiger partial charge in [0, 0.05) is 13.3 Å². The van der Waals surface area contributed by atoms with E-state index in [1.165, 1.54) is 13.3 Å². The van der Waals surface area contributed by atoms with E-state index in [-0.39, 0.29) is 18.7 Å². The summed E-state index contributed by atoms with van der Waals surface area (Å²) in [5, 5.41) is 0. The Morgan fingerprint density at radius 3 is 2.64 bits per heavy atom. The van der Waals surface area contributed by atoms with Gasteiger partial charge in [0.15, 0.2) is 0 Å². The van der Waals surface area contributed by atoms with Gasteiger partial charge in [-0.3, -0.25) is 4.79 Å². The fourth-order valence-electron chi connectivity index (χ4n) is 4.05. The molecule has 0 amide bonds. The van der Waals surface area contributed by atoms with Gasteiger partial charge in [-0.1, -0.05) is 20.8 Å². The van der Waals surface area contributed by atoms with Crippen molar-refractivity contribution in [1.82, 2.24) is 0 Å². The van der Waals surface area contributed by atoms with Gasteiger partial charge < -0.3 is 14.2 Å². The number of ether oxygens (including phenoxy) is 3. The van der Waals surface area contributed by atoms with E-state index in [0.717, 1.165) is 43.9 Å². The molecule has 22 heavy (non-hydrogen) atoms. The number of rotatable bonds is 5. The number of carbonyl (C=O) groups excluding carboxylic acids is 1. The Morgan fingerprint density at radius 1 is 1.32 bits per heavy atom. The third kappa shape index (κ3) is 4.69. The lowest BCUT2D eigenvalue weighted by atomic mass is 9.73. The van der Waals surface area contributed by atoms with Crippen molar-refractivity contribution in [2.24, 2.45) is 17.8 Å². The number of esters is 1. The SMILES string of the molecule is CC(=O)OCC1(OC2CCC(C(C)C)C(C)C2)CCCCO1. The zero-order chi connectivity index (χ0) is 16.2. The van der Waals surface area contributed by atoms with Gasteiger partial charge in [0.2, 0.25) is 5.79 Å². The minimum absolute atomic E-state index is 0.221. The van der Waals surface area contributed by atoms with E-state index < -0.39 is 5.79 Å². The van der Waals surface area contributed by atoms with Crippen LogP contribution in [0, 0.1) is 17.8 Å². The first-order valence-electron chi connectivity index (χ1n) is 8.87. The minimum Gasteiger partial charge on any atom is -0.460 e. The number of carbonyl (C=O) groups is 1. The average Bonchev–Trinajstić information content (AvgIpc) is 2.46. The molecule has 0 aromatic carbocycles. The third-order valence-electron chi connectivity index (χ3n) is 5.24. The van der Waals surface area contributed by atoms with E-state index in [4.69, 9.17) is 14.2 Å². The molecule has 128 valence electrons. The highest BCUT2D eigenvalue weighted by Crippen LogP contribution is 2.39. The maximum absolute atomic E-state index is 11.2. The predicted molar refractivity (Wildman–Crippen MR) is 85.4 cm³/mol. The van der Waals surface area contributed by atoms with Crippen LogP contribution in [0.5, 0.6) is 0 Å². The second-order valence-corrected chi connectivity index (χ2v) is 7.43. The zero-order valence-corrected chi connectivity index (χ0v) is 14.6. The quantitative estimate of drug-likeness (QED) is 0.722. The Balaban J connectivity index is 1.94. The van der Waals surface area contributed by atoms with Crippen LogP contribution in [0.1, 0.15) is 66.2 Å². The van der Waals surface area contributed by atoms with Gasteiger partial charge in [-0.2, -0.15) is 0 Å². The van der Waals surface area contributed by atoms with Gasteiger partial charge in [-0.05, 0) is 49.9 Å². The van der Waals surface area contributed by atoms with E-state index >= 15 is 0 Å². The summed E-state index contributed by atoms with van der Waals surface area (Å²) in [5.41, 5.74) is 0. The van der Waals surface area contributed by atoms with Crippen molar-refractivity contribution in [3.8, 4) is 0 Å². The summed E-state index contributed by atoms with van der Waals surface area (Å²) in [6.45, 7) is 9.32. The summed E-state index contributed by atoms with van der Waals surface area (Å²) in [6, 6.07) is 0. The molecule has 0 N–H and O–H groups in total. The van der Waals surface area contributed by atoms with Crippen LogP contribution in [0.2, 0.25) is 0 Å². The fourth-order valence-corrected chi connectivity index (χ4v) is 4.05. The Bertz CT molecular complexity index is 360. The predicted octanol–water partition coefficient (Wildman–Crippen LogP) is 3.92. The second kappa shape index (κ2) is 7.78. The van der Waals surface area contributed by atoms with E-state index in [9.17, 15) is 4.79 Å². The van der Waals surface area contributed by atoms with Crippen molar-refractivity contribution in [2.75, 3.05) is 13.2 Å². The van der Waals surface area contributed by atoms with Gasteiger partial charge >= 0.3 is 5.97 Å². The molecule has 4 unspecified atom stereocenters. The summed E-state index contributed by atoms with van der Waals surface area (Å²) < 4.78 is 17.5. The molecule has 0 bridgehead atoms. The number of hydrogen-bond acceptors (Lipinski definition) is 4. The van der Waals surface area contributed by atoms with Crippen molar-refractivity contribution < 1.29 is 19.0 Å². The third-order valence-corrected chi connectivity index (χ3v) is 5.24. The highest BCUT2D eigenvalue weighted by atomic mass is 16.7. The molecule has 0 aromatic rings. The Kier molecular flexibility index (Phi) is 6.27. The molecule has 1 saturated carbocycles. The first-order valence-corrected chi connectivity index (χ1v) is 8.87. The van der Waals surface area contributed by atoms with Crippen molar-refractivity contribution in [1.29, 1.82) is 0 Å². The van der Waals surface area contributed by atoms with Crippen LogP contribution in [-0.4, -0.2) is 31.1 Å². The molecule has 1 aliphatic carbocycles. The minimum atomic E-state index is -0.709. The molecule has 2 fully saturated rings. The van der Waals surface area contributed by atoms with E-state index in [1.807, 2.05) is 0 Å². The molecule has 1 saturated heterocycles. The van der Waals surface area contributed by atoms with Crippen molar-refractivity contribution >= 4 is 5.97 Å². The Labute approximate surface area is 134 Å². The summed E-state index contributed by atoms with van der Waals surface area (Å²) in [7, 11) is 0. The lowest BCUT2D eigenvalue weighted by Crippen LogP contribution is -2.48. The topological polar surface area (TPSA) is 44.8 Å². The van der Waals surface area contributed by atoms with Crippen molar-refractivity contribution in [2.45, 2.75) is 78.1 Å². The Morgan fingerprint density at radius 2 is 2.09 bits per heavy atom. The van der Waals surface area contributed by atoms with Crippen molar-refractivity contribution in [3.63, 3.8) is 0 Å². The summed E-state index contributed by atoms with van der Waals surface area (Å²) in [6.07, 6.45) is 6.54. The molecule has 2 rings (SSSR count). The second-order valence-electron chi connectivity index (χ2n) is 7.43. The Hall–Kier alpha value is -0.610. The van der Waals surface area contributed by atoms with E-state index in [0.29, 0.717) is 12.5 Å². The molecule has 4 heteroatoms. The molecular formula is C18H32O4. The standard InChI is InChI=1S/C18H32O4/c1-13(2)17-8-7-16(11-14(17)3)22-18(12-20-15(4)19)9-5-6-10-21-18/h13-14,16-17H,5-12H2,1-4H3. The molecule has 0 spiro atoms. The molecule has 0 radical (unpaired) electrons. The van der Waals surface area contributed by atoms with Crippen LogP contribution in [0.3, 0.4) is 0 Å². The maximum Gasteiger partial charge on any atom is 0.302 e. The van der Waals surface area contributed by atoms with Crippen LogP contribution in [0.15, 0.2) is 0 Å². The normalized spacial score (nSPS) is 36.3. The largest absolute Gasteiger partial charge is 0.460 e. The van der Waals surface area contributed by atoms with Crippen LogP contribution in [0.4, 0.5) is 0 Å². The first-order chi connectivity index (χ1) is 10.4. The van der Waals surface area contributed by atoms with Gasteiger partial charge in [-0.15, -0.1) is 0 Å². The highest BCUT2D eigenvalue weighted by Gasteiger charge is 2.40. The molecule has 1 aliphatic heterocycles. The summed E-state index contributed by atoms with van der Waals surface area (Å²) in [5.74, 6) is 1.22. The highest BCUT2D eigenvalue weighted by molar-refractivity contribution is 5.65. The molecule has 4 nitrogen and oxygen atoms in total. The zero-order valence-electron chi connectivity index (χ0n) is 14.6. The smallest absolute Gasteiger partial charge is 0.302 e. The van der Waals surface area contributed by atoms with E-state index in [1.54, 1.807) is 0 Å². The van der Waals surface area contributed by atoms with E-state index in [2.05, 4.69) is 20.8 Å². The lowest BCUT2D eigenvalue weighted by Gasteiger charge is -2.43. The average molecular weight is 312 g/mol. The maximum atomic E-state index is 11.2. The molecule has 1 heterocycles. The van der Waals surface area contributed by atoms with Crippen molar-refractivity contribution in [3.05, 3.63) is 0 Å². The lowest BCUT2D eigenvalue weighted by molar-refractivity contribution is -0.297. The fraction of sp³-hybridized carbons (Fsp3) is 0.944. The van der Waals surface area contributed by atoms with Gasteiger partial charge in [-0.25, -0.2) is 0 Å². The molecule has 0 aromatic heterocycles. The first kappa shape index (κ1) is 17.7. The number of hydrogen-bond donors (Lipinski definition) is 0. The van der Waals surface area contributed by atoms with Crippen LogP contribution in [0.25, 0.3) is 0 Å². The summed E-state index contributed by atoms with van der Waals surface area (Å²) >= 11 is 0. The molecule has 4 atom stereocenters. The van der Waals surface area contributed by atoms with Gasteiger partial charge in [0.25, 0.3) is 0 Å². The summed E-state index contributed by atoms with van der Waals surface area (Å²) in [4.78, 5) is 11.2. The molecule has 2 aliphatic rings. The van der Waals surface area contributed by atoms with Gasteiger partial charge in [0.05, 0.1) is 12.7 Å². The van der Waals surface area contributed by atoms with Crippen LogP contribution in [-0.2, 0) is 19.0 Å². The van der Waals surface area contributed by atoms with Crippen LogP contribution < -0.4 is 0 Å². The van der Waals surface area contributed by atoms with Gasteiger partial charge in [0.1, 0.15) is 6.61 Å².